The fourth-order valence-electron chi connectivity index (χ4n) is 12.7. The zero-order valence-electron chi connectivity index (χ0n) is 39.9. The molecule has 0 fully saturated rings. The molecule has 10 aromatic carbocycles. The number of nitrogens with zero attached hydrogens (tertiary/aromatic N) is 4. The summed E-state index contributed by atoms with van der Waals surface area (Å²) in [6, 6.07) is 73.2. The second kappa shape index (κ2) is 16.3. The van der Waals surface area contributed by atoms with Gasteiger partial charge in [-0.1, -0.05) is 197 Å². The van der Waals surface area contributed by atoms with Gasteiger partial charge in [-0.05, 0) is 59.4 Å². The molecule has 0 aliphatic carbocycles. The van der Waals surface area contributed by atoms with Gasteiger partial charge in [0.05, 0.1) is 22.1 Å². The van der Waals surface area contributed by atoms with E-state index in [1.807, 2.05) is 0 Å². The highest BCUT2D eigenvalue weighted by Gasteiger charge is 2.26. The molecule has 0 aliphatic rings. The average molecular weight is 903 g/mol. The Hall–Kier alpha value is -8.08. The smallest absolute Gasteiger partial charge is 0.0582 e. The topological polar surface area (TPSA) is 19.7 Å². The van der Waals surface area contributed by atoms with E-state index in [1.54, 1.807) is 0 Å². The molecule has 14 aromatic rings. The Morgan fingerprint density at radius 2 is 0.529 bits per heavy atom. The maximum absolute atomic E-state index is 2.63. The van der Waals surface area contributed by atoms with Crippen LogP contribution < -0.4 is 0 Å². The molecule has 0 amide bonds. The molecule has 0 spiro atoms. The van der Waals surface area contributed by atoms with Gasteiger partial charge in [-0.25, -0.2) is 0 Å². The van der Waals surface area contributed by atoms with E-state index in [4.69, 9.17) is 0 Å². The summed E-state index contributed by atoms with van der Waals surface area (Å²) in [4.78, 5) is 0. The number of aryl methyl sites for hydroxylation is 2. The summed E-state index contributed by atoms with van der Waals surface area (Å²) in [6.45, 7) is 8.06. The van der Waals surface area contributed by atoms with Gasteiger partial charge < -0.3 is 18.3 Å². The molecule has 338 valence electrons. The first-order valence-corrected chi connectivity index (χ1v) is 25.5. The van der Waals surface area contributed by atoms with E-state index in [0.29, 0.717) is 0 Å². The first-order valence-electron chi connectivity index (χ1n) is 25.5. The third-order valence-corrected chi connectivity index (χ3v) is 15.7. The molecule has 0 aliphatic heterocycles. The SMILES string of the molecule is CCCCn1c2ccccc2c2c3c4ccccc4n(Cc4ccccc4-c4ccccc4Cn4c5ccccc5c5c6c7ccccc7n(CCCC)c6c6ccccc6c54)c3c3ccccc3c21. The fraction of sp³-hybridized carbons (Fsp3) is 0.152. The van der Waals surface area contributed by atoms with Crippen molar-refractivity contribution in [3.05, 3.63) is 205 Å². The average Bonchev–Trinajstić information content (AvgIpc) is 4.13. The van der Waals surface area contributed by atoms with E-state index in [1.165, 1.54) is 131 Å². The highest BCUT2D eigenvalue weighted by Crippen LogP contribution is 2.48. The first kappa shape index (κ1) is 40.9. The number of para-hydroxylation sites is 4. The number of hydrogen-bond donors (Lipinski definition) is 0. The number of aromatic nitrogens is 4. The number of rotatable bonds is 11. The molecule has 0 radical (unpaired) electrons. The van der Waals surface area contributed by atoms with Gasteiger partial charge in [0.25, 0.3) is 0 Å². The zero-order valence-corrected chi connectivity index (χ0v) is 39.9. The van der Waals surface area contributed by atoms with E-state index in [0.717, 1.165) is 51.9 Å². The second-order valence-corrected chi connectivity index (χ2v) is 19.6. The highest BCUT2D eigenvalue weighted by atomic mass is 15.0. The van der Waals surface area contributed by atoms with Crippen molar-refractivity contribution in [3.63, 3.8) is 0 Å². The Balaban J connectivity index is 0.985. The van der Waals surface area contributed by atoms with Crippen molar-refractivity contribution in [1.29, 1.82) is 0 Å². The van der Waals surface area contributed by atoms with E-state index in [2.05, 4.69) is 226 Å². The van der Waals surface area contributed by atoms with Gasteiger partial charge in [-0.2, -0.15) is 0 Å². The van der Waals surface area contributed by atoms with E-state index in [-0.39, 0.29) is 0 Å². The van der Waals surface area contributed by atoms with Crippen molar-refractivity contribution in [2.75, 3.05) is 0 Å². The molecule has 4 heteroatoms. The second-order valence-electron chi connectivity index (χ2n) is 19.6. The van der Waals surface area contributed by atoms with Gasteiger partial charge in [0.1, 0.15) is 0 Å². The van der Waals surface area contributed by atoms with Crippen LogP contribution in [0.25, 0.3) is 120 Å². The predicted octanol–water partition coefficient (Wildman–Crippen LogP) is 17.8. The number of fused-ring (bicyclic) bond motifs is 20. The van der Waals surface area contributed by atoms with Gasteiger partial charge in [0.2, 0.25) is 0 Å². The highest BCUT2D eigenvalue weighted by molar-refractivity contribution is 6.38. The zero-order chi connectivity index (χ0) is 46.5. The largest absolute Gasteiger partial charge is 0.340 e. The van der Waals surface area contributed by atoms with Crippen LogP contribution in [-0.2, 0) is 26.2 Å². The summed E-state index contributed by atoms with van der Waals surface area (Å²) in [5.74, 6) is 0. The van der Waals surface area contributed by atoms with Crippen LogP contribution in [0.1, 0.15) is 50.7 Å². The molecule has 4 nitrogen and oxygen atoms in total. The van der Waals surface area contributed by atoms with Crippen LogP contribution in [-0.4, -0.2) is 18.3 Å². The number of hydrogen-bond acceptors (Lipinski definition) is 0. The van der Waals surface area contributed by atoms with Gasteiger partial charge in [0, 0.05) is 113 Å². The van der Waals surface area contributed by atoms with Crippen molar-refractivity contribution in [2.24, 2.45) is 0 Å². The number of benzene rings is 10. The molecule has 14 rings (SSSR count). The molecular weight excluding hydrogens is 849 g/mol. The maximum atomic E-state index is 2.63. The summed E-state index contributed by atoms with van der Waals surface area (Å²) in [6.07, 6.45) is 4.59. The summed E-state index contributed by atoms with van der Waals surface area (Å²) < 4.78 is 10.5. The lowest BCUT2D eigenvalue weighted by Gasteiger charge is -2.18. The molecule has 0 bridgehead atoms. The minimum absolute atomic E-state index is 0.735. The minimum atomic E-state index is 0.735. The van der Waals surface area contributed by atoms with E-state index >= 15 is 0 Å². The Morgan fingerprint density at radius 1 is 0.271 bits per heavy atom. The van der Waals surface area contributed by atoms with Crippen LogP contribution in [0.2, 0.25) is 0 Å². The normalized spacial score (nSPS) is 12.3. The third-order valence-electron chi connectivity index (χ3n) is 15.7. The monoisotopic (exact) mass is 902 g/mol. The van der Waals surface area contributed by atoms with Crippen LogP contribution in [0.5, 0.6) is 0 Å². The predicted molar refractivity (Wildman–Crippen MR) is 300 cm³/mol. The van der Waals surface area contributed by atoms with Crippen molar-refractivity contribution in [2.45, 2.75) is 65.7 Å². The van der Waals surface area contributed by atoms with Crippen molar-refractivity contribution >= 4 is 109 Å². The van der Waals surface area contributed by atoms with E-state index in [9.17, 15) is 0 Å². The van der Waals surface area contributed by atoms with Gasteiger partial charge in [0.15, 0.2) is 0 Å². The Bertz CT molecular complexity index is 4110. The molecule has 4 aromatic heterocycles. The molecule has 0 saturated carbocycles. The Morgan fingerprint density at radius 3 is 0.857 bits per heavy atom. The minimum Gasteiger partial charge on any atom is -0.340 e. The fourth-order valence-corrected chi connectivity index (χ4v) is 12.7. The molecular formula is C66H54N4. The van der Waals surface area contributed by atoms with Gasteiger partial charge in [-0.3, -0.25) is 0 Å². The van der Waals surface area contributed by atoms with Crippen molar-refractivity contribution < 1.29 is 0 Å². The number of unbranched alkanes of at least 4 members (excludes halogenated alkanes) is 2. The molecule has 0 unspecified atom stereocenters. The lowest BCUT2D eigenvalue weighted by molar-refractivity contribution is 0.666. The summed E-state index contributed by atoms with van der Waals surface area (Å²) in [5.41, 5.74) is 15.7. The van der Waals surface area contributed by atoms with Crippen LogP contribution in [0, 0.1) is 0 Å². The van der Waals surface area contributed by atoms with Crippen molar-refractivity contribution in [3.8, 4) is 11.1 Å². The lowest BCUT2D eigenvalue weighted by atomic mass is 9.94. The van der Waals surface area contributed by atoms with Crippen LogP contribution in [0.15, 0.2) is 194 Å². The summed E-state index contributed by atoms with van der Waals surface area (Å²) >= 11 is 0. The first-order chi connectivity index (χ1) is 34.7. The summed E-state index contributed by atoms with van der Waals surface area (Å²) in [5, 5.41) is 16.0. The van der Waals surface area contributed by atoms with E-state index < -0.39 is 0 Å². The summed E-state index contributed by atoms with van der Waals surface area (Å²) in [7, 11) is 0. The Kier molecular flexibility index (Phi) is 9.52. The molecule has 70 heavy (non-hydrogen) atoms. The maximum Gasteiger partial charge on any atom is 0.0582 e. The van der Waals surface area contributed by atoms with Crippen molar-refractivity contribution in [1.82, 2.24) is 18.3 Å². The molecule has 4 heterocycles. The molecule has 0 N–H and O–H groups in total. The Labute approximate surface area is 407 Å². The molecule has 0 atom stereocenters. The quantitative estimate of drug-likeness (QED) is 0.123. The van der Waals surface area contributed by atoms with Gasteiger partial charge >= 0.3 is 0 Å². The van der Waals surface area contributed by atoms with Crippen LogP contribution in [0.4, 0.5) is 0 Å². The standard InChI is InChI=1S/C66H54N4/c1-3-5-39-67-55-35-19-15-31-51(55)59-61-53-33-17-21-37-57(53)69(65(61)49-29-13-11-27-47(49)63(59)67)41-43-23-7-9-25-45(43)46-26-10-8-24-44(46)42-70-58-38-22-18-34-54(58)62-60-52-32-16-20-36-56(52)68(40-6-4-2)64(60)48-28-12-14-30-50(48)66(62)70/h7-38H,3-6,39-42H2,1-2H3. The lowest BCUT2D eigenvalue weighted by Crippen LogP contribution is -2.05. The van der Waals surface area contributed by atoms with Gasteiger partial charge in [-0.15, -0.1) is 0 Å². The van der Waals surface area contributed by atoms with Crippen LogP contribution in [0.3, 0.4) is 0 Å². The third kappa shape index (κ3) is 5.89. The van der Waals surface area contributed by atoms with Crippen LogP contribution >= 0.6 is 0 Å². The molecule has 0 saturated heterocycles.